The molecular formula is C8H8N2O3. The maximum atomic E-state index is 9.45. The summed E-state index contributed by atoms with van der Waals surface area (Å²) in [5, 5.41) is 31.5. The molecule has 5 heteroatoms. The van der Waals surface area contributed by atoms with E-state index in [9.17, 15) is 5.11 Å². The number of phenolic OH excluding ortho intramolecular Hbond substituents is 1. The van der Waals surface area contributed by atoms with Gasteiger partial charge in [0.1, 0.15) is 5.75 Å². The van der Waals surface area contributed by atoms with Crippen LogP contribution in [0.15, 0.2) is 28.5 Å². The van der Waals surface area contributed by atoms with Crippen LogP contribution in [0.3, 0.4) is 0 Å². The van der Waals surface area contributed by atoms with Crippen LogP contribution in [0.4, 0.5) is 0 Å². The molecule has 0 unspecified atom stereocenters. The summed E-state index contributed by atoms with van der Waals surface area (Å²) in [5.74, 6) is -0.0990. The van der Waals surface area contributed by atoms with Gasteiger partial charge < -0.3 is 15.5 Å². The van der Waals surface area contributed by atoms with Gasteiger partial charge >= 0.3 is 0 Å². The molecule has 0 heterocycles. The molecule has 3 N–H and O–H groups in total. The van der Waals surface area contributed by atoms with Gasteiger partial charge in [-0.15, -0.1) is 0 Å². The quantitative estimate of drug-likeness (QED) is 0.360. The van der Waals surface area contributed by atoms with Gasteiger partial charge in [-0.2, -0.15) is 0 Å². The summed E-state index contributed by atoms with van der Waals surface area (Å²) in [6.07, 6.45) is 2.17. The first-order valence-corrected chi connectivity index (χ1v) is 3.46. The van der Waals surface area contributed by atoms with E-state index in [4.69, 9.17) is 10.4 Å². The zero-order valence-electron chi connectivity index (χ0n) is 6.62. The van der Waals surface area contributed by atoms with Crippen LogP contribution in [-0.2, 0) is 0 Å². The number of hydrogen-bond donors (Lipinski definition) is 3. The van der Waals surface area contributed by atoms with Crippen molar-refractivity contribution in [1.82, 2.24) is 0 Å². The highest BCUT2D eigenvalue weighted by molar-refractivity contribution is 5.91. The number of nitrogens with zero attached hydrogens (tertiary/aromatic N) is 2. The van der Waals surface area contributed by atoms with E-state index in [-0.39, 0.29) is 5.75 Å². The van der Waals surface area contributed by atoms with Crippen LogP contribution in [0.2, 0.25) is 0 Å². The molecule has 5 nitrogen and oxygen atoms in total. The van der Waals surface area contributed by atoms with Crippen LogP contribution in [0.25, 0.3) is 0 Å². The predicted molar refractivity (Wildman–Crippen MR) is 46.9 cm³/mol. The van der Waals surface area contributed by atoms with E-state index in [0.29, 0.717) is 11.1 Å². The number of aromatic hydroxyl groups is 1. The molecule has 0 saturated heterocycles. The van der Waals surface area contributed by atoms with Crippen molar-refractivity contribution < 1.29 is 15.5 Å². The molecule has 0 saturated carbocycles. The van der Waals surface area contributed by atoms with Crippen molar-refractivity contribution in [2.24, 2.45) is 10.3 Å². The summed E-state index contributed by atoms with van der Waals surface area (Å²) in [7, 11) is 0. The number of phenols is 1. The molecule has 0 atom stereocenters. The standard InChI is InChI=1S/C8H8N2O3/c11-8-6(4-9-12)2-1-3-7(8)5-10-13/h1-5,11-13H/b9-4+,10-5+. The highest BCUT2D eigenvalue weighted by Crippen LogP contribution is 2.18. The summed E-state index contributed by atoms with van der Waals surface area (Å²) in [6.45, 7) is 0. The Balaban J connectivity index is 3.17. The van der Waals surface area contributed by atoms with Crippen LogP contribution in [-0.4, -0.2) is 28.0 Å². The molecule has 0 aliphatic carbocycles. The number of rotatable bonds is 2. The van der Waals surface area contributed by atoms with Crippen LogP contribution < -0.4 is 0 Å². The third-order valence-electron chi connectivity index (χ3n) is 1.49. The lowest BCUT2D eigenvalue weighted by atomic mass is 10.1. The van der Waals surface area contributed by atoms with Crippen LogP contribution >= 0.6 is 0 Å². The Morgan fingerprint density at radius 1 is 1.00 bits per heavy atom. The van der Waals surface area contributed by atoms with E-state index in [1.807, 2.05) is 0 Å². The molecule has 1 rings (SSSR count). The molecule has 0 bridgehead atoms. The van der Waals surface area contributed by atoms with Gasteiger partial charge in [-0.25, -0.2) is 0 Å². The number of hydrogen-bond acceptors (Lipinski definition) is 5. The zero-order valence-corrected chi connectivity index (χ0v) is 6.62. The normalized spacial score (nSPS) is 11.4. The molecule has 13 heavy (non-hydrogen) atoms. The highest BCUT2D eigenvalue weighted by atomic mass is 16.4. The first-order chi connectivity index (χ1) is 6.29. The molecule has 68 valence electrons. The van der Waals surface area contributed by atoms with Gasteiger partial charge in [-0.1, -0.05) is 16.4 Å². The lowest BCUT2D eigenvalue weighted by Crippen LogP contribution is -1.88. The van der Waals surface area contributed by atoms with Gasteiger partial charge in [0.05, 0.1) is 12.4 Å². The van der Waals surface area contributed by atoms with Gasteiger partial charge in [0.15, 0.2) is 0 Å². The fraction of sp³-hybridized carbons (Fsp3) is 0. The summed E-state index contributed by atoms with van der Waals surface area (Å²) >= 11 is 0. The van der Waals surface area contributed by atoms with Crippen molar-refractivity contribution >= 4 is 12.4 Å². The summed E-state index contributed by atoms with van der Waals surface area (Å²) < 4.78 is 0. The lowest BCUT2D eigenvalue weighted by molar-refractivity contribution is 0.321. The SMILES string of the molecule is O/N=C/c1cccc(/C=N/O)c1O. The second-order valence-corrected chi connectivity index (χ2v) is 2.27. The largest absolute Gasteiger partial charge is 0.507 e. The Hall–Kier alpha value is -2.04. The van der Waals surface area contributed by atoms with Gasteiger partial charge in [0.25, 0.3) is 0 Å². The summed E-state index contributed by atoms with van der Waals surface area (Å²) in [4.78, 5) is 0. The maximum Gasteiger partial charge on any atom is 0.133 e. The molecule has 0 radical (unpaired) electrons. The first-order valence-electron chi connectivity index (χ1n) is 3.46. The third-order valence-corrected chi connectivity index (χ3v) is 1.49. The van der Waals surface area contributed by atoms with Gasteiger partial charge in [0, 0.05) is 11.1 Å². The minimum atomic E-state index is -0.0990. The molecular weight excluding hydrogens is 172 g/mol. The van der Waals surface area contributed by atoms with Crippen LogP contribution in [0.5, 0.6) is 5.75 Å². The molecule has 1 aromatic rings. The van der Waals surface area contributed by atoms with Crippen molar-refractivity contribution in [1.29, 1.82) is 0 Å². The Morgan fingerprint density at radius 2 is 1.46 bits per heavy atom. The first kappa shape index (κ1) is 9.05. The minimum absolute atomic E-state index is 0.0990. The monoisotopic (exact) mass is 180 g/mol. The van der Waals surface area contributed by atoms with E-state index in [1.54, 1.807) is 18.2 Å². The molecule has 0 spiro atoms. The Morgan fingerprint density at radius 3 is 1.85 bits per heavy atom. The lowest BCUT2D eigenvalue weighted by Gasteiger charge is -2.00. The van der Waals surface area contributed by atoms with E-state index in [1.165, 1.54) is 0 Å². The van der Waals surface area contributed by atoms with E-state index in [0.717, 1.165) is 12.4 Å². The van der Waals surface area contributed by atoms with Crippen molar-refractivity contribution in [3.05, 3.63) is 29.3 Å². The van der Waals surface area contributed by atoms with Crippen molar-refractivity contribution in [3.8, 4) is 5.75 Å². The molecule has 0 aliphatic heterocycles. The number of oxime groups is 2. The van der Waals surface area contributed by atoms with Crippen LogP contribution in [0, 0.1) is 0 Å². The van der Waals surface area contributed by atoms with Crippen molar-refractivity contribution in [2.75, 3.05) is 0 Å². The highest BCUT2D eigenvalue weighted by Gasteiger charge is 2.02. The molecule has 0 amide bonds. The summed E-state index contributed by atoms with van der Waals surface area (Å²) in [6, 6.07) is 4.75. The minimum Gasteiger partial charge on any atom is -0.507 e. The molecule has 1 aromatic carbocycles. The van der Waals surface area contributed by atoms with Crippen molar-refractivity contribution in [2.45, 2.75) is 0 Å². The van der Waals surface area contributed by atoms with Crippen molar-refractivity contribution in [3.63, 3.8) is 0 Å². The smallest absolute Gasteiger partial charge is 0.133 e. The number of benzene rings is 1. The predicted octanol–water partition coefficient (Wildman–Crippen LogP) is 1.01. The van der Waals surface area contributed by atoms with E-state index >= 15 is 0 Å². The Kier molecular flexibility index (Phi) is 2.86. The topological polar surface area (TPSA) is 85.4 Å². The molecule has 0 fully saturated rings. The fourth-order valence-electron chi connectivity index (χ4n) is 0.913. The van der Waals surface area contributed by atoms with E-state index in [2.05, 4.69) is 10.3 Å². The zero-order chi connectivity index (χ0) is 9.68. The average Bonchev–Trinajstić information content (AvgIpc) is 2.13. The Labute approximate surface area is 74.2 Å². The second-order valence-electron chi connectivity index (χ2n) is 2.27. The third kappa shape index (κ3) is 1.96. The van der Waals surface area contributed by atoms with Crippen LogP contribution in [0.1, 0.15) is 11.1 Å². The maximum absolute atomic E-state index is 9.45. The Bertz CT molecular complexity index is 317. The average molecular weight is 180 g/mol. The second kappa shape index (κ2) is 4.10. The van der Waals surface area contributed by atoms with E-state index < -0.39 is 0 Å². The summed E-state index contributed by atoms with van der Waals surface area (Å²) in [5.41, 5.74) is 0.694. The molecule has 0 aliphatic rings. The van der Waals surface area contributed by atoms with Gasteiger partial charge in [-0.05, 0) is 12.1 Å². The van der Waals surface area contributed by atoms with Gasteiger partial charge in [0.2, 0.25) is 0 Å². The number of para-hydroxylation sites is 1. The fourth-order valence-corrected chi connectivity index (χ4v) is 0.913. The molecule has 0 aromatic heterocycles. The van der Waals surface area contributed by atoms with Gasteiger partial charge in [-0.3, -0.25) is 0 Å².